The number of halogens is 1. The fourth-order valence-corrected chi connectivity index (χ4v) is 5.23. The Bertz CT molecular complexity index is 1370. The Labute approximate surface area is 214 Å². The first-order chi connectivity index (χ1) is 17.0. The maximum absolute atomic E-state index is 12.6. The zero-order chi connectivity index (χ0) is 26.1. The molecule has 1 aromatic heterocycles. The van der Waals surface area contributed by atoms with E-state index in [1.165, 1.54) is 36.4 Å². The Morgan fingerprint density at radius 1 is 1.28 bits per heavy atom. The maximum Gasteiger partial charge on any atom is 0.410 e. The average Bonchev–Trinajstić information content (AvgIpc) is 3.45. The van der Waals surface area contributed by atoms with E-state index in [9.17, 15) is 22.8 Å². The number of H-pyrrole nitrogens is 1. The van der Waals surface area contributed by atoms with E-state index in [4.69, 9.17) is 16.3 Å². The molecule has 1 unspecified atom stereocenters. The van der Waals surface area contributed by atoms with Crippen molar-refractivity contribution in [2.24, 2.45) is 11.3 Å². The SMILES string of the molecule is CC1(C)CC1COC(=O)N1CCc2[nH]c(=O)c(C(=O)NC/C=C/S(=O)(=O)c3ccc(Cl)cc3)cc2C1. The predicted molar refractivity (Wildman–Crippen MR) is 135 cm³/mol. The van der Waals surface area contributed by atoms with Gasteiger partial charge in [0.2, 0.25) is 0 Å². The molecule has 0 saturated heterocycles. The summed E-state index contributed by atoms with van der Waals surface area (Å²) in [5.41, 5.74) is 0.897. The van der Waals surface area contributed by atoms with Crippen molar-refractivity contribution in [2.75, 3.05) is 19.7 Å². The quantitative estimate of drug-likeness (QED) is 0.562. The van der Waals surface area contributed by atoms with Gasteiger partial charge >= 0.3 is 6.09 Å². The number of nitrogens with one attached hydrogen (secondary N) is 2. The zero-order valence-corrected chi connectivity index (χ0v) is 21.6. The summed E-state index contributed by atoms with van der Waals surface area (Å²) >= 11 is 5.78. The highest BCUT2D eigenvalue weighted by Crippen LogP contribution is 2.51. The largest absolute Gasteiger partial charge is 0.449 e. The monoisotopic (exact) mass is 533 g/mol. The number of sulfone groups is 1. The number of rotatable bonds is 7. The molecular formula is C25H28ClN3O6S. The third-order valence-electron chi connectivity index (χ3n) is 6.63. The van der Waals surface area contributed by atoms with Crippen molar-refractivity contribution >= 4 is 33.4 Å². The van der Waals surface area contributed by atoms with Gasteiger partial charge in [-0.3, -0.25) is 9.59 Å². The number of aromatic amines is 1. The van der Waals surface area contributed by atoms with Gasteiger partial charge in [-0.1, -0.05) is 31.5 Å². The number of benzene rings is 1. The molecule has 1 aromatic carbocycles. The lowest BCUT2D eigenvalue weighted by atomic mass is 10.0. The van der Waals surface area contributed by atoms with Crippen LogP contribution in [0.15, 0.2) is 51.5 Å². The fraction of sp³-hybridized carbons (Fsp3) is 0.400. The van der Waals surface area contributed by atoms with Gasteiger partial charge in [0.05, 0.1) is 18.0 Å². The second-order valence-corrected chi connectivity index (χ2v) is 12.0. The lowest BCUT2D eigenvalue weighted by molar-refractivity contribution is 0.0905. The smallest absolute Gasteiger partial charge is 0.410 e. The van der Waals surface area contributed by atoms with Crippen LogP contribution in [0.4, 0.5) is 4.79 Å². The maximum atomic E-state index is 12.6. The molecule has 2 N–H and O–H groups in total. The normalized spacial score (nSPS) is 18.5. The predicted octanol–water partition coefficient (Wildman–Crippen LogP) is 3.29. The molecule has 2 aromatic rings. The van der Waals surface area contributed by atoms with Crippen LogP contribution in [0.5, 0.6) is 0 Å². The summed E-state index contributed by atoms with van der Waals surface area (Å²) in [7, 11) is -3.69. The van der Waals surface area contributed by atoms with Crippen molar-refractivity contribution in [2.45, 2.75) is 38.1 Å². The summed E-state index contributed by atoms with van der Waals surface area (Å²) in [6.07, 6.45) is 2.35. The molecule has 1 saturated carbocycles. The van der Waals surface area contributed by atoms with Crippen molar-refractivity contribution in [1.82, 2.24) is 15.2 Å². The van der Waals surface area contributed by atoms with Gasteiger partial charge in [-0.15, -0.1) is 0 Å². The molecule has 0 spiro atoms. The summed E-state index contributed by atoms with van der Waals surface area (Å²) in [5, 5.41) is 3.93. The molecule has 1 aliphatic heterocycles. The molecule has 192 valence electrons. The molecule has 4 rings (SSSR count). The lowest BCUT2D eigenvalue weighted by Crippen LogP contribution is -2.39. The van der Waals surface area contributed by atoms with Gasteiger partial charge in [0, 0.05) is 35.6 Å². The van der Waals surface area contributed by atoms with Gasteiger partial charge in [-0.25, -0.2) is 13.2 Å². The number of carbonyl (C=O) groups excluding carboxylic acids is 2. The Hall–Kier alpha value is -3.11. The van der Waals surface area contributed by atoms with Gasteiger partial charge in [0.25, 0.3) is 11.5 Å². The van der Waals surface area contributed by atoms with Gasteiger partial charge in [0.1, 0.15) is 5.56 Å². The van der Waals surface area contributed by atoms with E-state index in [-0.39, 0.29) is 29.0 Å². The minimum absolute atomic E-state index is 0.0736. The summed E-state index contributed by atoms with van der Waals surface area (Å²) in [6, 6.07) is 7.20. The number of hydrogen-bond donors (Lipinski definition) is 2. The summed E-state index contributed by atoms with van der Waals surface area (Å²) in [4.78, 5) is 41.9. The third-order valence-corrected chi connectivity index (χ3v) is 8.37. The molecule has 11 heteroatoms. The number of nitrogens with zero attached hydrogens (tertiary/aromatic N) is 1. The second-order valence-electron chi connectivity index (χ2n) is 9.73. The average molecular weight is 534 g/mol. The molecular weight excluding hydrogens is 506 g/mol. The second kappa shape index (κ2) is 10.1. The van der Waals surface area contributed by atoms with Gasteiger partial charge < -0.3 is 19.9 Å². The van der Waals surface area contributed by atoms with Crippen molar-refractivity contribution in [3.05, 3.63) is 74.0 Å². The van der Waals surface area contributed by atoms with Crippen molar-refractivity contribution in [1.29, 1.82) is 0 Å². The van der Waals surface area contributed by atoms with Crippen LogP contribution < -0.4 is 10.9 Å². The Kier molecular flexibility index (Phi) is 7.28. The Balaban J connectivity index is 1.35. The van der Waals surface area contributed by atoms with E-state index in [0.717, 1.165) is 11.8 Å². The number of fused-ring (bicyclic) bond motifs is 1. The van der Waals surface area contributed by atoms with Crippen LogP contribution in [0.3, 0.4) is 0 Å². The van der Waals surface area contributed by atoms with Crippen LogP contribution in [0.1, 0.15) is 41.9 Å². The van der Waals surface area contributed by atoms with E-state index in [0.29, 0.717) is 41.8 Å². The Morgan fingerprint density at radius 3 is 2.64 bits per heavy atom. The highest BCUT2D eigenvalue weighted by atomic mass is 35.5. The van der Waals surface area contributed by atoms with Crippen molar-refractivity contribution in [3.8, 4) is 0 Å². The highest BCUT2D eigenvalue weighted by molar-refractivity contribution is 7.94. The van der Waals surface area contributed by atoms with Gasteiger partial charge in [0.15, 0.2) is 9.84 Å². The first kappa shape index (κ1) is 26.0. The molecule has 2 amide bonds. The van der Waals surface area contributed by atoms with Crippen LogP contribution in [0, 0.1) is 11.3 Å². The number of amides is 2. The van der Waals surface area contributed by atoms with Crippen molar-refractivity contribution < 1.29 is 22.7 Å². The molecule has 9 nitrogen and oxygen atoms in total. The van der Waals surface area contributed by atoms with E-state index >= 15 is 0 Å². The molecule has 2 aliphatic rings. The number of ether oxygens (including phenoxy) is 1. The molecule has 1 aliphatic carbocycles. The standard InChI is InChI=1S/C25H28ClN3O6S/c1-25(2)13-17(25)15-35-24(32)29-10-8-21-16(14-29)12-20(23(31)28-21)22(30)27-9-3-11-36(33,34)19-6-4-18(26)5-7-19/h3-7,11-12,17H,8-10,13-15H2,1-2H3,(H,27,30)(H,28,31)/b11-3+. The lowest BCUT2D eigenvalue weighted by Gasteiger charge is -2.28. The number of pyridine rings is 1. The summed E-state index contributed by atoms with van der Waals surface area (Å²) in [5.74, 6) is -0.274. The number of hydrogen-bond acceptors (Lipinski definition) is 6. The summed E-state index contributed by atoms with van der Waals surface area (Å²) in [6.45, 7) is 5.19. The molecule has 1 fully saturated rings. The van der Waals surface area contributed by atoms with Crippen LogP contribution >= 0.6 is 11.6 Å². The van der Waals surface area contributed by atoms with E-state index in [2.05, 4.69) is 24.1 Å². The Morgan fingerprint density at radius 2 is 1.97 bits per heavy atom. The molecule has 2 heterocycles. The van der Waals surface area contributed by atoms with Crippen LogP contribution in [0.2, 0.25) is 5.02 Å². The van der Waals surface area contributed by atoms with Gasteiger partial charge in [-0.05, 0) is 53.6 Å². The van der Waals surface area contributed by atoms with Crippen LogP contribution in [0.25, 0.3) is 0 Å². The molecule has 0 radical (unpaired) electrons. The molecule has 36 heavy (non-hydrogen) atoms. The summed E-state index contributed by atoms with van der Waals surface area (Å²) < 4.78 is 30.1. The van der Waals surface area contributed by atoms with E-state index < -0.39 is 27.4 Å². The van der Waals surface area contributed by atoms with Crippen molar-refractivity contribution in [3.63, 3.8) is 0 Å². The van der Waals surface area contributed by atoms with Crippen LogP contribution in [-0.2, 0) is 27.5 Å². The minimum Gasteiger partial charge on any atom is -0.449 e. The zero-order valence-electron chi connectivity index (χ0n) is 20.0. The first-order valence-electron chi connectivity index (χ1n) is 11.6. The fourth-order valence-electron chi connectivity index (χ4n) is 4.08. The topological polar surface area (TPSA) is 126 Å². The van der Waals surface area contributed by atoms with Gasteiger partial charge in [-0.2, -0.15) is 0 Å². The minimum atomic E-state index is -3.69. The number of aromatic nitrogens is 1. The number of carbonyl (C=O) groups is 2. The molecule has 0 bridgehead atoms. The highest BCUT2D eigenvalue weighted by Gasteiger charge is 2.46. The first-order valence-corrected chi connectivity index (χ1v) is 13.5. The van der Waals surface area contributed by atoms with Crippen LogP contribution in [-0.4, -0.2) is 50.0 Å². The van der Waals surface area contributed by atoms with E-state index in [1.54, 1.807) is 4.90 Å². The third kappa shape index (κ3) is 5.99. The van der Waals surface area contributed by atoms with E-state index in [1.807, 2.05) is 0 Å². The molecule has 1 atom stereocenters.